The summed E-state index contributed by atoms with van der Waals surface area (Å²) in [6.45, 7) is 3.39. The molecule has 0 spiro atoms. The minimum absolute atomic E-state index is 0.0357. The fraction of sp³-hybridized carbons (Fsp3) is 0.455. The molecular weight excluding hydrogens is 240 g/mol. The van der Waals surface area contributed by atoms with Gasteiger partial charge in [0.2, 0.25) is 11.7 Å². The number of nitrogens with zero attached hydrogens (tertiary/aromatic N) is 2. The molecule has 0 aliphatic carbocycles. The predicted molar refractivity (Wildman–Crippen MR) is 59.2 cm³/mol. The molecule has 1 aromatic rings. The maximum Gasteiger partial charge on any atom is 0.376 e. The molecule has 0 saturated carbocycles. The van der Waals surface area contributed by atoms with E-state index in [4.69, 9.17) is 9.15 Å². The van der Waals surface area contributed by atoms with Gasteiger partial charge in [0.05, 0.1) is 25.3 Å². The van der Waals surface area contributed by atoms with E-state index in [1.54, 1.807) is 13.8 Å². The second kappa shape index (κ2) is 4.59. The number of anilines is 1. The summed E-state index contributed by atoms with van der Waals surface area (Å²) in [5.74, 6) is -1.25. The molecular formula is C11H12N2O5. The van der Waals surface area contributed by atoms with E-state index in [2.05, 4.69) is 4.98 Å². The van der Waals surface area contributed by atoms with Crippen LogP contribution < -0.4 is 4.90 Å². The number of rotatable bonds is 3. The number of esters is 1. The molecule has 0 aromatic carbocycles. The lowest BCUT2D eigenvalue weighted by molar-refractivity contribution is -0.121. The summed E-state index contributed by atoms with van der Waals surface area (Å²) in [5, 5.41) is 0. The van der Waals surface area contributed by atoms with Gasteiger partial charge in [0.15, 0.2) is 5.78 Å². The molecule has 96 valence electrons. The van der Waals surface area contributed by atoms with Gasteiger partial charge in [-0.15, -0.1) is 0 Å². The summed E-state index contributed by atoms with van der Waals surface area (Å²) in [6.07, 6.45) is -0.157. The monoisotopic (exact) mass is 252 g/mol. The summed E-state index contributed by atoms with van der Waals surface area (Å²) >= 11 is 0. The summed E-state index contributed by atoms with van der Waals surface area (Å²) in [5.41, 5.74) is 0.329. The zero-order chi connectivity index (χ0) is 13.3. The number of aromatic nitrogens is 1. The highest BCUT2D eigenvalue weighted by molar-refractivity contribution is 6.14. The summed E-state index contributed by atoms with van der Waals surface area (Å²) in [6, 6.07) is -0.0357. The smallest absolute Gasteiger partial charge is 0.376 e. The third kappa shape index (κ3) is 2.11. The van der Waals surface area contributed by atoms with Gasteiger partial charge in [0, 0.05) is 0 Å². The molecule has 0 atom stereocenters. The Morgan fingerprint density at radius 3 is 2.78 bits per heavy atom. The van der Waals surface area contributed by atoms with Crippen molar-refractivity contribution in [3.8, 4) is 0 Å². The Labute approximate surface area is 103 Å². The number of oxazole rings is 1. The number of Topliss-reactive ketones (excluding diaryl/α,β-unsaturated/α-hetero) is 1. The molecule has 0 bridgehead atoms. The number of hydrogen-bond acceptors (Lipinski definition) is 6. The molecule has 18 heavy (non-hydrogen) atoms. The number of amides is 1. The Kier molecular flexibility index (Phi) is 3.14. The van der Waals surface area contributed by atoms with Gasteiger partial charge in [-0.2, -0.15) is 4.98 Å². The Hall–Kier alpha value is -2.18. The maximum atomic E-state index is 11.5. The van der Waals surface area contributed by atoms with Gasteiger partial charge in [-0.05, 0) is 13.8 Å². The Balaban J connectivity index is 2.26. The first-order valence-electron chi connectivity index (χ1n) is 5.49. The van der Waals surface area contributed by atoms with Crippen LogP contribution in [0.5, 0.6) is 0 Å². The first kappa shape index (κ1) is 12.3. The summed E-state index contributed by atoms with van der Waals surface area (Å²) < 4.78 is 9.99. The largest absolute Gasteiger partial charge is 0.460 e. The zero-order valence-corrected chi connectivity index (χ0v) is 10.1. The average Bonchev–Trinajstić information content (AvgIpc) is 2.82. The van der Waals surface area contributed by atoms with Gasteiger partial charge in [-0.25, -0.2) is 4.79 Å². The standard InChI is InChI=1S/C11H12N2O5/c1-3-17-10(16)9-6(2)12-11(18-9)13-5-7(14)4-8(13)15/h3-5H2,1-2H3. The first-order valence-corrected chi connectivity index (χ1v) is 5.49. The van der Waals surface area contributed by atoms with E-state index in [0.29, 0.717) is 5.69 Å². The number of carbonyl (C=O) groups excluding carboxylic acids is 3. The Morgan fingerprint density at radius 1 is 1.50 bits per heavy atom. The van der Waals surface area contributed by atoms with Crippen LogP contribution in [0, 0.1) is 6.92 Å². The minimum Gasteiger partial charge on any atom is -0.460 e. The number of ether oxygens (including phenoxy) is 1. The van der Waals surface area contributed by atoms with Gasteiger partial charge >= 0.3 is 12.0 Å². The van der Waals surface area contributed by atoms with Crippen LogP contribution >= 0.6 is 0 Å². The van der Waals surface area contributed by atoms with Crippen LogP contribution in [0.1, 0.15) is 29.6 Å². The summed E-state index contributed by atoms with van der Waals surface area (Å²) in [7, 11) is 0. The highest BCUT2D eigenvalue weighted by atomic mass is 16.5. The van der Waals surface area contributed by atoms with Crippen LogP contribution in [0.15, 0.2) is 4.42 Å². The molecule has 1 amide bonds. The molecule has 1 aromatic heterocycles. The molecule has 1 fully saturated rings. The lowest BCUT2D eigenvalue weighted by Crippen LogP contribution is -2.24. The number of ketones is 1. The van der Waals surface area contributed by atoms with Gasteiger partial charge < -0.3 is 9.15 Å². The second-order valence-electron chi connectivity index (χ2n) is 3.83. The molecule has 0 radical (unpaired) electrons. The predicted octanol–water partition coefficient (Wildman–Crippen LogP) is 0.466. The number of aryl methyl sites for hydroxylation is 1. The molecule has 1 aliphatic rings. The van der Waals surface area contributed by atoms with Crippen molar-refractivity contribution >= 4 is 23.7 Å². The minimum atomic E-state index is -0.633. The van der Waals surface area contributed by atoms with Crippen LogP contribution in [0.3, 0.4) is 0 Å². The number of hydrogen-bond donors (Lipinski definition) is 0. The van der Waals surface area contributed by atoms with E-state index in [0.717, 1.165) is 4.90 Å². The van der Waals surface area contributed by atoms with Crippen LogP contribution in [0.4, 0.5) is 6.01 Å². The zero-order valence-electron chi connectivity index (χ0n) is 10.1. The molecule has 0 unspecified atom stereocenters. The first-order chi connectivity index (χ1) is 8.52. The lowest BCUT2D eigenvalue weighted by Gasteiger charge is -2.07. The molecule has 7 nitrogen and oxygen atoms in total. The molecule has 2 rings (SSSR count). The van der Waals surface area contributed by atoms with E-state index in [1.165, 1.54) is 0 Å². The van der Waals surface area contributed by atoms with Crippen molar-refractivity contribution in [3.63, 3.8) is 0 Å². The fourth-order valence-corrected chi connectivity index (χ4v) is 1.64. The molecule has 0 N–H and O–H groups in total. The van der Waals surface area contributed by atoms with Crippen LogP contribution in [-0.4, -0.2) is 35.8 Å². The lowest BCUT2D eigenvalue weighted by atomic mass is 10.3. The van der Waals surface area contributed by atoms with Crippen molar-refractivity contribution in [3.05, 3.63) is 11.5 Å². The Morgan fingerprint density at radius 2 is 2.22 bits per heavy atom. The SMILES string of the molecule is CCOC(=O)c1oc(N2CC(=O)CC2=O)nc1C. The van der Waals surface area contributed by atoms with Crippen molar-refractivity contribution in [2.75, 3.05) is 18.1 Å². The van der Waals surface area contributed by atoms with E-state index >= 15 is 0 Å². The molecule has 1 saturated heterocycles. The quantitative estimate of drug-likeness (QED) is 0.573. The van der Waals surface area contributed by atoms with Crippen LogP contribution in [-0.2, 0) is 14.3 Å². The highest BCUT2D eigenvalue weighted by Crippen LogP contribution is 2.22. The second-order valence-corrected chi connectivity index (χ2v) is 3.83. The third-order valence-corrected chi connectivity index (χ3v) is 2.46. The van der Waals surface area contributed by atoms with Crippen LogP contribution in [0.25, 0.3) is 0 Å². The molecule has 2 heterocycles. The van der Waals surface area contributed by atoms with Gasteiger partial charge in [-0.1, -0.05) is 0 Å². The Bertz CT molecular complexity index is 520. The van der Waals surface area contributed by atoms with Crippen molar-refractivity contribution < 1.29 is 23.5 Å². The van der Waals surface area contributed by atoms with Crippen molar-refractivity contribution in [2.45, 2.75) is 20.3 Å². The van der Waals surface area contributed by atoms with E-state index in [1.807, 2.05) is 0 Å². The van der Waals surface area contributed by atoms with Gasteiger partial charge in [-0.3, -0.25) is 14.5 Å². The van der Waals surface area contributed by atoms with Gasteiger partial charge in [0.1, 0.15) is 0 Å². The fourth-order valence-electron chi connectivity index (χ4n) is 1.64. The molecule has 1 aliphatic heterocycles. The third-order valence-electron chi connectivity index (χ3n) is 2.46. The summed E-state index contributed by atoms with van der Waals surface area (Å²) in [4.78, 5) is 39.2. The van der Waals surface area contributed by atoms with Crippen molar-refractivity contribution in [2.24, 2.45) is 0 Å². The normalized spacial score (nSPS) is 15.3. The van der Waals surface area contributed by atoms with E-state index in [-0.39, 0.29) is 43.0 Å². The van der Waals surface area contributed by atoms with Crippen LogP contribution in [0.2, 0.25) is 0 Å². The van der Waals surface area contributed by atoms with E-state index < -0.39 is 5.97 Å². The maximum absolute atomic E-state index is 11.5. The average molecular weight is 252 g/mol. The molecule has 7 heteroatoms. The van der Waals surface area contributed by atoms with Gasteiger partial charge in [0.25, 0.3) is 0 Å². The topological polar surface area (TPSA) is 89.7 Å². The van der Waals surface area contributed by atoms with Crippen molar-refractivity contribution in [1.29, 1.82) is 0 Å². The number of carbonyl (C=O) groups is 3. The highest BCUT2D eigenvalue weighted by Gasteiger charge is 2.33. The van der Waals surface area contributed by atoms with E-state index in [9.17, 15) is 14.4 Å². The van der Waals surface area contributed by atoms with Crippen molar-refractivity contribution in [1.82, 2.24) is 4.98 Å².